The molecule has 130 valence electrons. The molecule has 0 saturated heterocycles. The van der Waals surface area contributed by atoms with Crippen molar-refractivity contribution in [2.45, 2.75) is 33.7 Å². The molecule has 23 heavy (non-hydrogen) atoms. The SMILES string of the molecule is CCNC(=NCCNC(=O)C(C)C)NC(C)c1ccccc1.I. The average molecular weight is 432 g/mol. The second-order valence-electron chi connectivity index (χ2n) is 5.48. The molecule has 0 bridgehead atoms. The van der Waals surface area contributed by atoms with E-state index in [0.29, 0.717) is 13.1 Å². The Kier molecular flexibility index (Phi) is 11.5. The molecule has 1 unspecified atom stereocenters. The molecule has 3 N–H and O–H groups in total. The lowest BCUT2D eigenvalue weighted by atomic mass is 10.1. The molecule has 1 aromatic rings. The Morgan fingerprint density at radius 3 is 2.35 bits per heavy atom. The quantitative estimate of drug-likeness (QED) is 0.269. The lowest BCUT2D eigenvalue weighted by Crippen LogP contribution is -2.39. The van der Waals surface area contributed by atoms with Crippen LogP contribution < -0.4 is 16.0 Å². The number of aliphatic imine (C=N–C) groups is 1. The zero-order chi connectivity index (χ0) is 16.4. The van der Waals surface area contributed by atoms with Crippen molar-refractivity contribution in [2.75, 3.05) is 19.6 Å². The molecule has 0 radical (unpaired) electrons. The van der Waals surface area contributed by atoms with Gasteiger partial charge in [0.2, 0.25) is 5.91 Å². The van der Waals surface area contributed by atoms with Crippen molar-refractivity contribution in [2.24, 2.45) is 10.9 Å². The van der Waals surface area contributed by atoms with Gasteiger partial charge < -0.3 is 16.0 Å². The molecule has 1 atom stereocenters. The van der Waals surface area contributed by atoms with Gasteiger partial charge in [-0.1, -0.05) is 44.2 Å². The van der Waals surface area contributed by atoms with E-state index in [1.807, 2.05) is 39.0 Å². The number of halogens is 1. The molecule has 0 aromatic heterocycles. The van der Waals surface area contributed by atoms with E-state index in [-0.39, 0.29) is 41.8 Å². The Balaban J connectivity index is 0.00000484. The number of carbonyl (C=O) groups excluding carboxylic acids is 1. The Labute approximate surface area is 156 Å². The number of nitrogens with one attached hydrogen (secondary N) is 3. The third kappa shape index (κ3) is 8.78. The molecule has 1 amide bonds. The van der Waals surface area contributed by atoms with Crippen LogP contribution in [0.1, 0.15) is 39.3 Å². The van der Waals surface area contributed by atoms with Crippen LogP contribution in [0.5, 0.6) is 0 Å². The topological polar surface area (TPSA) is 65.5 Å². The lowest BCUT2D eigenvalue weighted by Gasteiger charge is -2.18. The molecular formula is C17H29IN4O. The Morgan fingerprint density at radius 2 is 1.78 bits per heavy atom. The standard InChI is InChI=1S/C17H28N4O.HI/c1-5-18-17(20-12-11-19-16(22)13(2)3)21-14(4)15-9-7-6-8-10-15;/h6-10,13-14H,5,11-12H2,1-4H3,(H,19,22)(H2,18,20,21);1H. The number of amides is 1. The maximum absolute atomic E-state index is 11.5. The molecule has 1 rings (SSSR count). The van der Waals surface area contributed by atoms with Gasteiger partial charge in [0.15, 0.2) is 5.96 Å². The van der Waals surface area contributed by atoms with E-state index in [1.165, 1.54) is 5.56 Å². The first kappa shape index (κ1) is 21.7. The fourth-order valence-corrected chi connectivity index (χ4v) is 1.90. The van der Waals surface area contributed by atoms with E-state index >= 15 is 0 Å². The molecule has 0 heterocycles. The van der Waals surface area contributed by atoms with Gasteiger partial charge in [-0.25, -0.2) is 0 Å². The largest absolute Gasteiger partial charge is 0.357 e. The minimum Gasteiger partial charge on any atom is -0.357 e. The van der Waals surface area contributed by atoms with Gasteiger partial charge in [0.05, 0.1) is 12.6 Å². The van der Waals surface area contributed by atoms with Gasteiger partial charge in [-0.3, -0.25) is 9.79 Å². The highest BCUT2D eigenvalue weighted by Gasteiger charge is 2.07. The Bertz CT molecular complexity index is 477. The predicted molar refractivity (Wildman–Crippen MR) is 107 cm³/mol. The van der Waals surface area contributed by atoms with Crippen molar-refractivity contribution in [3.05, 3.63) is 35.9 Å². The fourth-order valence-electron chi connectivity index (χ4n) is 1.90. The summed E-state index contributed by atoms with van der Waals surface area (Å²) in [6.45, 7) is 9.79. The van der Waals surface area contributed by atoms with E-state index in [9.17, 15) is 4.79 Å². The first-order chi connectivity index (χ1) is 10.5. The minimum atomic E-state index is 0. The van der Waals surface area contributed by atoms with Gasteiger partial charge in [0, 0.05) is 19.0 Å². The summed E-state index contributed by atoms with van der Waals surface area (Å²) in [6.07, 6.45) is 0. The van der Waals surface area contributed by atoms with Crippen LogP contribution >= 0.6 is 24.0 Å². The summed E-state index contributed by atoms with van der Waals surface area (Å²) in [7, 11) is 0. The number of hydrogen-bond acceptors (Lipinski definition) is 2. The van der Waals surface area contributed by atoms with Crippen LogP contribution in [0, 0.1) is 5.92 Å². The van der Waals surface area contributed by atoms with Gasteiger partial charge in [0.1, 0.15) is 0 Å². The molecule has 5 nitrogen and oxygen atoms in total. The highest BCUT2D eigenvalue weighted by atomic mass is 127. The minimum absolute atomic E-state index is 0. The van der Waals surface area contributed by atoms with E-state index < -0.39 is 0 Å². The van der Waals surface area contributed by atoms with Gasteiger partial charge in [-0.05, 0) is 19.4 Å². The smallest absolute Gasteiger partial charge is 0.222 e. The zero-order valence-corrected chi connectivity index (χ0v) is 16.8. The summed E-state index contributed by atoms with van der Waals surface area (Å²) in [4.78, 5) is 16.0. The first-order valence-electron chi connectivity index (χ1n) is 7.92. The summed E-state index contributed by atoms with van der Waals surface area (Å²) in [5, 5.41) is 9.45. The molecule has 0 fully saturated rings. The van der Waals surface area contributed by atoms with Crippen LogP contribution in [0.25, 0.3) is 0 Å². The van der Waals surface area contributed by atoms with E-state index in [0.717, 1.165) is 12.5 Å². The summed E-state index contributed by atoms with van der Waals surface area (Å²) in [6, 6.07) is 10.4. The van der Waals surface area contributed by atoms with Crippen LogP contribution in [-0.4, -0.2) is 31.5 Å². The van der Waals surface area contributed by atoms with Gasteiger partial charge >= 0.3 is 0 Å². The highest BCUT2D eigenvalue weighted by molar-refractivity contribution is 14.0. The highest BCUT2D eigenvalue weighted by Crippen LogP contribution is 2.10. The van der Waals surface area contributed by atoms with Crippen molar-refractivity contribution >= 4 is 35.8 Å². The van der Waals surface area contributed by atoms with E-state index in [2.05, 4.69) is 40.0 Å². The lowest BCUT2D eigenvalue weighted by molar-refractivity contribution is -0.123. The number of hydrogen-bond donors (Lipinski definition) is 3. The average Bonchev–Trinajstić information content (AvgIpc) is 2.52. The molecule has 0 aliphatic carbocycles. The van der Waals surface area contributed by atoms with Crippen LogP contribution in [0.15, 0.2) is 35.3 Å². The second kappa shape index (κ2) is 12.2. The zero-order valence-electron chi connectivity index (χ0n) is 14.4. The van der Waals surface area contributed by atoms with Crippen LogP contribution in [0.2, 0.25) is 0 Å². The predicted octanol–water partition coefficient (Wildman–Crippen LogP) is 2.69. The summed E-state index contributed by atoms with van der Waals surface area (Å²) >= 11 is 0. The van der Waals surface area contributed by atoms with Crippen molar-refractivity contribution in [1.82, 2.24) is 16.0 Å². The third-order valence-electron chi connectivity index (χ3n) is 3.20. The third-order valence-corrected chi connectivity index (χ3v) is 3.20. The second-order valence-corrected chi connectivity index (χ2v) is 5.48. The molecule has 0 spiro atoms. The number of guanidine groups is 1. The summed E-state index contributed by atoms with van der Waals surface area (Å²) in [5.41, 5.74) is 1.21. The van der Waals surface area contributed by atoms with E-state index in [4.69, 9.17) is 0 Å². The number of rotatable bonds is 7. The van der Waals surface area contributed by atoms with Crippen molar-refractivity contribution in [3.63, 3.8) is 0 Å². The number of carbonyl (C=O) groups is 1. The van der Waals surface area contributed by atoms with Crippen molar-refractivity contribution < 1.29 is 4.79 Å². The Morgan fingerprint density at radius 1 is 1.13 bits per heavy atom. The number of nitrogens with zero attached hydrogens (tertiary/aromatic N) is 1. The van der Waals surface area contributed by atoms with Gasteiger partial charge in [-0.2, -0.15) is 0 Å². The Hall–Kier alpha value is -1.31. The fraction of sp³-hybridized carbons (Fsp3) is 0.529. The van der Waals surface area contributed by atoms with Crippen LogP contribution in [0.3, 0.4) is 0 Å². The first-order valence-corrected chi connectivity index (χ1v) is 7.92. The molecule has 6 heteroatoms. The molecular weight excluding hydrogens is 403 g/mol. The number of benzene rings is 1. The maximum Gasteiger partial charge on any atom is 0.222 e. The summed E-state index contributed by atoms with van der Waals surface area (Å²) in [5.74, 6) is 0.830. The van der Waals surface area contributed by atoms with Crippen molar-refractivity contribution in [3.8, 4) is 0 Å². The molecule has 0 aliphatic rings. The molecule has 1 aromatic carbocycles. The van der Waals surface area contributed by atoms with Gasteiger partial charge in [-0.15, -0.1) is 24.0 Å². The molecule has 0 saturated carbocycles. The van der Waals surface area contributed by atoms with Crippen LogP contribution in [0.4, 0.5) is 0 Å². The monoisotopic (exact) mass is 432 g/mol. The van der Waals surface area contributed by atoms with Crippen molar-refractivity contribution in [1.29, 1.82) is 0 Å². The normalized spacial score (nSPS) is 12.3. The van der Waals surface area contributed by atoms with Gasteiger partial charge in [0.25, 0.3) is 0 Å². The molecule has 0 aliphatic heterocycles. The maximum atomic E-state index is 11.5. The van der Waals surface area contributed by atoms with E-state index in [1.54, 1.807) is 0 Å². The summed E-state index contributed by atoms with van der Waals surface area (Å²) < 4.78 is 0. The van der Waals surface area contributed by atoms with Crippen LogP contribution in [-0.2, 0) is 4.79 Å².